The third kappa shape index (κ3) is 3.59. The van der Waals surface area contributed by atoms with E-state index in [0.29, 0.717) is 13.0 Å². The van der Waals surface area contributed by atoms with E-state index in [1.807, 2.05) is 0 Å². The number of nitrogens with zero attached hydrogens (tertiary/aromatic N) is 2. The van der Waals surface area contributed by atoms with E-state index >= 15 is 0 Å². The summed E-state index contributed by atoms with van der Waals surface area (Å²) in [5.41, 5.74) is -0.0215. The number of amides is 1. The molecule has 9 heteroatoms. The lowest BCUT2D eigenvalue weighted by Crippen LogP contribution is -2.33. The van der Waals surface area contributed by atoms with Crippen molar-refractivity contribution in [2.75, 3.05) is 24.6 Å². The number of hydrogen-bond acceptors (Lipinski definition) is 5. The lowest BCUT2D eigenvalue weighted by atomic mass is 10.1. The molecule has 0 aromatic heterocycles. The number of carbonyl (C=O) groups excluding carboxylic acids is 1. The Hall–Kier alpha value is -1.48. The summed E-state index contributed by atoms with van der Waals surface area (Å²) >= 11 is 3.08. The number of hydrogen-bond donors (Lipinski definition) is 0. The normalized spacial score (nSPS) is 18.0. The maximum absolute atomic E-state index is 12.4. The van der Waals surface area contributed by atoms with Crippen LogP contribution >= 0.6 is 15.9 Å². The molecule has 0 radical (unpaired) electrons. The Labute approximate surface area is 130 Å². The molecule has 1 aliphatic heterocycles. The molecule has 1 saturated heterocycles. The number of benzene rings is 1. The van der Waals surface area contributed by atoms with Crippen LogP contribution in [0.25, 0.3) is 0 Å². The van der Waals surface area contributed by atoms with Gasteiger partial charge in [0, 0.05) is 19.2 Å². The van der Waals surface area contributed by atoms with E-state index in [4.69, 9.17) is 0 Å². The Bertz CT molecular complexity index is 689. The van der Waals surface area contributed by atoms with Gasteiger partial charge in [-0.05, 0) is 28.4 Å². The van der Waals surface area contributed by atoms with Crippen LogP contribution in [0, 0.1) is 10.1 Å². The minimum atomic E-state index is -3.11. The molecule has 2 rings (SSSR count). The smallest absolute Gasteiger partial charge is 0.284 e. The van der Waals surface area contributed by atoms with Crippen molar-refractivity contribution in [3.05, 3.63) is 38.3 Å². The van der Waals surface area contributed by atoms with E-state index in [0.717, 1.165) is 0 Å². The maximum Gasteiger partial charge on any atom is 0.284 e. The molecular weight excluding hydrogens is 364 g/mol. The molecule has 1 aromatic rings. The molecule has 1 aliphatic rings. The zero-order chi connectivity index (χ0) is 15.6. The van der Waals surface area contributed by atoms with Gasteiger partial charge in [0.2, 0.25) is 0 Å². The van der Waals surface area contributed by atoms with E-state index in [1.54, 1.807) is 0 Å². The third-order valence-corrected chi connectivity index (χ3v) is 5.80. The predicted molar refractivity (Wildman–Crippen MR) is 80.0 cm³/mol. The lowest BCUT2D eigenvalue weighted by molar-refractivity contribution is -0.385. The highest BCUT2D eigenvalue weighted by Crippen LogP contribution is 2.29. The minimum absolute atomic E-state index is 0.0624. The van der Waals surface area contributed by atoms with Crippen molar-refractivity contribution < 1.29 is 18.1 Å². The van der Waals surface area contributed by atoms with Crippen LogP contribution in [0.2, 0.25) is 0 Å². The molecule has 0 bridgehead atoms. The molecule has 7 nitrogen and oxygen atoms in total. The Morgan fingerprint density at radius 2 is 2.00 bits per heavy atom. The molecule has 1 amide bonds. The van der Waals surface area contributed by atoms with Gasteiger partial charge < -0.3 is 4.90 Å². The average Bonchev–Trinajstić information content (AvgIpc) is 2.59. The topological polar surface area (TPSA) is 97.6 Å². The van der Waals surface area contributed by atoms with Gasteiger partial charge in [0.25, 0.3) is 11.6 Å². The highest BCUT2D eigenvalue weighted by Gasteiger charge is 2.26. The number of halogens is 1. The van der Waals surface area contributed by atoms with Gasteiger partial charge in [0.1, 0.15) is 4.47 Å². The van der Waals surface area contributed by atoms with Crippen LogP contribution in [0.1, 0.15) is 16.8 Å². The highest BCUT2D eigenvalue weighted by atomic mass is 79.9. The molecule has 21 heavy (non-hydrogen) atoms. The molecule has 0 unspecified atom stereocenters. The van der Waals surface area contributed by atoms with Crippen LogP contribution in [0.3, 0.4) is 0 Å². The van der Waals surface area contributed by atoms with E-state index in [9.17, 15) is 23.3 Å². The van der Waals surface area contributed by atoms with Gasteiger partial charge >= 0.3 is 0 Å². The molecule has 114 valence electrons. The molecular formula is C12H13BrN2O5S. The third-order valence-electron chi connectivity index (χ3n) is 3.25. The zero-order valence-electron chi connectivity index (χ0n) is 11.0. The van der Waals surface area contributed by atoms with Gasteiger partial charge in [-0.2, -0.15) is 0 Å². The second-order valence-electron chi connectivity index (χ2n) is 4.69. The minimum Gasteiger partial charge on any atom is -0.338 e. The van der Waals surface area contributed by atoms with Crippen LogP contribution in [0.5, 0.6) is 0 Å². The first-order valence-corrected chi connectivity index (χ1v) is 8.86. The van der Waals surface area contributed by atoms with E-state index in [-0.39, 0.29) is 33.8 Å². The van der Waals surface area contributed by atoms with Crippen molar-refractivity contribution in [2.24, 2.45) is 0 Å². The van der Waals surface area contributed by atoms with Crippen LogP contribution < -0.4 is 0 Å². The standard InChI is InChI=1S/C12H13BrN2O5S/c13-11-9(3-1-4-10(11)15(17)18)12(16)14-5-2-7-21(19,20)8-6-14/h1,3-4H,2,5-8H2. The molecule has 1 fully saturated rings. The fourth-order valence-corrected chi connectivity index (χ4v) is 3.99. The summed E-state index contributed by atoms with van der Waals surface area (Å²) in [6.45, 7) is 0.434. The SMILES string of the molecule is O=C(c1cccc([N+](=O)[O-])c1Br)N1CCCS(=O)(=O)CC1. The Morgan fingerprint density at radius 3 is 2.67 bits per heavy atom. The summed E-state index contributed by atoms with van der Waals surface area (Å²) in [5, 5.41) is 10.9. The maximum atomic E-state index is 12.4. The average molecular weight is 377 g/mol. The summed E-state index contributed by atoms with van der Waals surface area (Å²) in [4.78, 5) is 24.2. The van der Waals surface area contributed by atoms with Crippen molar-refractivity contribution in [2.45, 2.75) is 6.42 Å². The summed E-state index contributed by atoms with van der Waals surface area (Å²) in [6.07, 6.45) is 0.376. The van der Waals surface area contributed by atoms with Crippen molar-refractivity contribution in [1.29, 1.82) is 0 Å². The van der Waals surface area contributed by atoms with Gasteiger partial charge in [-0.1, -0.05) is 6.07 Å². The largest absolute Gasteiger partial charge is 0.338 e. The first-order chi connectivity index (χ1) is 9.82. The van der Waals surface area contributed by atoms with Gasteiger partial charge in [-0.25, -0.2) is 8.42 Å². The number of rotatable bonds is 2. The van der Waals surface area contributed by atoms with Crippen LogP contribution in [0.15, 0.2) is 22.7 Å². The number of nitro benzene ring substituents is 1. The van der Waals surface area contributed by atoms with Gasteiger partial charge in [0.15, 0.2) is 9.84 Å². The van der Waals surface area contributed by atoms with Crippen LogP contribution in [-0.2, 0) is 9.84 Å². The van der Waals surface area contributed by atoms with Gasteiger partial charge in [0.05, 0.1) is 22.0 Å². The van der Waals surface area contributed by atoms with Crippen molar-refractivity contribution >= 4 is 37.4 Å². The second kappa shape index (κ2) is 6.10. The molecule has 0 aliphatic carbocycles. The number of nitro groups is 1. The van der Waals surface area contributed by atoms with Crippen LogP contribution in [-0.4, -0.2) is 48.7 Å². The van der Waals surface area contributed by atoms with Crippen molar-refractivity contribution in [3.63, 3.8) is 0 Å². The predicted octanol–water partition coefficient (Wildman–Crippen LogP) is 1.62. The summed E-state index contributed by atoms with van der Waals surface area (Å²) in [5.74, 6) is -0.416. The number of sulfone groups is 1. The first kappa shape index (κ1) is 15.9. The summed E-state index contributed by atoms with van der Waals surface area (Å²) < 4.78 is 23.2. The van der Waals surface area contributed by atoms with E-state index < -0.39 is 20.7 Å². The zero-order valence-corrected chi connectivity index (χ0v) is 13.4. The number of carbonyl (C=O) groups is 1. The van der Waals surface area contributed by atoms with Crippen molar-refractivity contribution in [1.82, 2.24) is 4.90 Å². The summed E-state index contributed by atoms with van der Waals surface area (Å²) in [6, 6.07) is 4.22. The lowest BCUT2D eigenvalue weighted by Gasteiger charge is -2.20. The van der Waals surface area contributed by atoms with Crippen LogP contribution in [0.4, 0.5) is 5.69 Å². The molecule has 0 spiro atoms. The monoisotopic (exact) mass is 376 g/mol. The molecule has 1 aromatic carbocycles. The fraction of sp³-hybridized carbons (Fsp3) is 0.417. The Morgan fingerprint density at radius 1 is 1.29 bits per heavy atom. The highest BCUT2D eigenvalue weighted by molar-refractivity contribution is 9.10. The molecule has 0 atom stereocenters. The van der Waals surface area contributed by atoms with Crippen molar-refractivity contribution in [3.8, 4) is 0 Å². The van der Waals surface area contributed by atoms with E-state index in [2.05, 4.69) is 15.9 Å². The Balaban J connectivity index is 2.28. The van der Waals surface area contributed by atoms with Gasteiger partial charge in [-0.15, -0.1) is 0 Å². The van der Waals surface area contributed by atoms with Gasteiger partial charge in [-0.3, -0.25) is 14.9 Å². The quantitative estimate of drug-likeness (QED) is 0.576. The summed E-state index contributed by atoms with van der Waals surface area (Å²) in [7, 11) is -3.11. The first-order valence-electron chi connectivity index (χ1n) is 6.24. The fourth-order valence-electron chi connectivity index (χ4n) is 2.14. The molecule has 1 heterocycles. The Kier molecular flexibility index (Phi) is 4.62. The molecule has 0 N–H and O–H groups in total. The van der Waals surface area contributed by atoms with E-state index in [1.165, 1.54) is 23.1 Å². The second-order valence-corrected chi connectivity index (χ2v) is 7.79. The molecule has 0 saturated carbocycles.